The Bertz CT molecular complexity index is 611. The number of carboxylic acids is 1. The smallest absolute Gasteiger partial charge is 0.348 e. The zero-order valence-corrected chi connectivity index (χ0v) is 13.9. The molecule has 2 aliphatic heterocycles. The lowest BCUT2D eigenvalue weighted by atomic mass is 10.0. The van der Waals surface area contributed by atoms with Crippen LogP contribution in [0.5, 0.6) is 0 Å². The maximum Gasteiger partial charge on any atom is 0.348 e. The quantitative estimate of drug-likeness (QED) is 0.469. The van der Waals surface area contributed by atoms with Gasteiger partial charge in [0.25, 0.3) is 6.67 Å². The number of carbonyl (C=O) groups is 2. The van der Waals surface area contributed by atoms with Crippen LogP contribution in [0, 0.1) is 0 Å². The van der Waals surface area contributed by atoms with E-state index < -0.39 is 12.0 Å². The second-order valence-electron chi connectivity index (χ2n) is 4.95. The van der Waals surface area contributed by atoms with Crippen LogP contribution in [0.2, 0.25) is 0 Å². The Morgan fingerprint density at radius 3 is 2.64 bits per heavy atom. The zero-order chi connectivity index (χ0) is 14.3. The number of hydrogen-bond acceptors (Lipinski definition) is 4. The van der Waals surface area contributed by atoms with Crippen molar-refractivity contribution < 1.29 is 23.7 Å². The van der Waals surface area contributed by atoms with E-state index in [-0.39, 0.29) is 46.1 Å². The Morgan fingerprint density at radius 1 is 1.41 bits per heavy atom. The fraction of sp³-hybridized carbons (Fsp3) is 0.308. The van der Waals surface area contributed by atoms with Gasteiger partial charge in [0.05, 0.1) is 5.56 Å². The van der Waals surface area contributed by atoms with Crippen LogP contribution >= 0.6 is 36.6 Å². The van der Waals surface area contributed by atoms with Gasteiger partial charge in [-0.1, -0.05) is 11.8 Å². The molecule has 6 nitrogen and oxygen atoms in total. The highest BCUT2D eigenvalue weighted by Gasteiger charge is 2.64. The number of rotatable bonds is 3. The second-order valence-corrected chi connectivity index (χ2v) is 6.10. The average molecular weight is 366 g/mol. The summed E-state index contributed by atoms with van der Waals surface area (Å²) in [5.41, 5.74) is 6.10. The molecule has 3 rings (SSSR count). The molecule has 1 amide bonds. The topological polar surface area (TPSA) is 84.3 Å². The summed E-state index contributed by atoms with van der Waals surface area (Å²) < 4.78 is 2.03. The standard InChI is InChI=1S/C13H14N3O3S.2ClH/c14-10-11(17)16(6-1-7-20-12(10)16)8-15-4-2-9(3-5-15)13(18)19;;/h1-6,10,12H,7-8,14H2;2*1H/q+1;;/p+1/t10?,12-,16?;;/m0../s1. The summed E-state index contributed by atoms with van der Waals surface area (Å²) in [5.74, 6) is -0.0837. The highest BCUT2D eigenvalue weighted by Crippen LogP contribution is 2.40. The lowest BCUT2D eigenvalue weighted by Gasteiger charge is -2.48. The summed E-state index contributed by atoms with van der Waals surface area (Å²) >= 11 is 1.68. The first kappa shape index (κ1) is 18.9. The fourth-order valence-corrected chi connectivity index (χ4v) is 3.90. The molecule has 0 spiro atoms. The van der Waals surface area contributed by atoms with Crippen molar-refractivity contribution in [1.29, 1.82) is 0 Å². The van der Waals surface area contributed by atoms with Crippen LogP contribution in [0.25, 0.3) is 0 Å². The van der Waals surface area contributed by atoms with Gasteiger partial charge in [-0.05, 0) is 6.08 Å². The van der Waals surface area contributed by atoms with E-state index in [9.17, 15) is 9.59 Å². The first-order valence-electron chi connectivity index (χ1n) is 6.24. The average Bonchev–Trinajstić information content (AvgIpc) is 2.47. The molecule has 3 atom stereocenters. The molecular formula is C13H17Cl2N3O3S+2. The summed E-state index contributed by atoms with van der Waals surface area (Å²) in [6, 6.07) is 2.64. The number of hydrogen-bond donors (Lipinski definition) is 2. The highest BCUT2D eigenvalue weighted by atomic mass is 35.5. The van der Waals surface area contributed by atoms with Crippen molar-refractivity contribution in [1.82, 2.24) is 0 Å². The predicted molar refractivity (Wildman–Crippen MR) is 86.7 cm³/mol. The van der Waals surface area contributed by atoms with Gasteiger partial charge < -0.3 is 10.8 Å². The summed E-state index contributed by atoms with van der Waals surface area (Å²) in [7, 11) is 0. The number of amides is 1. The van der Waals surface area contributed by atoms with Gasteiger partial charge in [0.2, 0.25) is 0 Å². The van der Waals surface area contributed by atoms with Crippen LogP contribution in [0.3, 0.4) is 0 Å². The van der Waals surface area contributed by atoms with Gasteiger partial charge in [-0.25, -0.2) is 9.59 Å². The van der Waals surface area contributed by atoms with E-state index in [1.54, 1.807) is 24.2 Å². The Hall–Kier alpha value is -1.12. The number of fused-ring (bicyclic) bond motifs is 1. The minimum Gasteiger partial charge on any atom is -0.478 e. The summed E-state index contributed by atoms with van der Waals surface area (Å²) in [6.45, 7) is 0.445. The molecule has 9 heteroatoms. The van der Waals surface area contributed by atoms with E-state index in [1.165, 1.54) is 12.1 Å². The molecule has 22 heavy (non-hydrogen) atoms. The normalized spacial score (nSPS) is 28.7. The number of quaternary nitrogens is 1. The number of nitrogens with zero attached hydrogens (tertiary/aromatic N) is 2. The van der Waals surface area contributed by atoms with E-state index in [4.69, 9.17) is 10.8 Å². The van der Waals surface area contributed by atoms with Crippen LogP contribution in [0.15, 0.2) is 36.8 Å². The minimum absolute atomic E-state index is 0. The molecule has 0 aromatic carbocycles. The second kappa shape index (κ2) is 6.97. The first-order chi connectivity index (χ1) is 9.54. The van der Waals surface area contributed by atoms with Gasteiger partial charge in [0.1, 0.15) is 6.20 Å². The predicted octanol–water partition coefficient (Wildman–Crippen LogP) is 0.744. The number of carbonyl (C=O) groups excluding carboxylic acids is 1. The van der Waals surface area contributed by atoms with Crippen LogP contribution < -0.4 is 10.3 Å². The van der Waals surface area contributed by atoms with Crippen molar-refractivity contribution >= 4 is 48.5 Å². The van der Waals surface area contributed by atoms with Crippen molar-refractivity contribution in [3.05, 3.63) is 42.4 Å². The van der Waals surface area contributed by atoms with Crippen molar-refractivity contribution in [3.63, 3.8) is 0 Å². The van der Waals surface area contributed by atoms with E-state index in [2.05, 4.69) is 0 Å². The lowest BCUT2D eigenvalue weighted by molar-refractivity contribution is -0.995. The number of aromatic carboxylic acids is 1. The van der Waals surface area contributed by atoms with Crippen LogP contribution in [0.1, 0.15) is 10.4 Å². The molecule has 2 aliphatic rings. The van der Waals surface area contributed by atoms with E-state index in [0.29, 0.717) is 6.67 Å². The molecule has 1 aromatic heterocycles. The third kappa shape index (κ3) is 2.87. The molecule has 3 N–H and O–H groups in total. The van der Waals surface area contributed by atoms with Crippen LogP contribution in [-0.4, -0.2) is 38.6 Å². The first-order valence-corrected chi connectivity index (χ1v) is 7.28. The number of carboxylic acid groups (broad SMARTS) is 1. The Kier molecular flexibility index (Phi) is 6.00. The Morgan fingerprint density at radius 2 is 2.05 bits per heavy atom. The lowest BCUT2D eigenvalue weighted by Crippen LogP contribution is -2.79. The van der Waals surface area contributed by atoms with Gasteiger partial charge in [-0.2, -0.15) is 9.05 Å². The molecular weight excluding hydrogens is 349 g/mol. The van der Waals surface area contributed by atoms with E-state index in [1.807, 2.05) is 16.8 Å². The van der Waals surface area contributed by atoms with Gasteiger partial charge in [-0.15, -0.1) is 24.8 Å². The number of nitrogens with two attached hydrogens (primary N) is 1. The molecule has 1 saturated heterocycles. The SMILES string of the molecule is Cl.Cl.NC1C(=O)[N+]2(C[n+]3ccc(C(=O)O)cc3)C=CCS[C@@H]12. The van der Waals surface area contributed by atoms with Crippen molar-refractivity contribution in [2.75, 3.05) is 5.75 Å². The number of β-lactam (4-membered cyclic amide) rings is 1. The van der Waals surface area contributed by atoms with Gasteiger partial charge in [0.15, 0.2) is 23.8 Å². The molecule has 1 aromatic rings. The Labute approximate surface area is 144 Å². The molecule has 0 aliphatic carbocycles. The minimum atomic E-state index is -0.961. The summed E-state index contributed by atoms with van der Waals surface area (Å²) in [5, 5.41) is 8.93. The van der Waals surface area contributed by atoms with Crippen LogP contribution in [-0.2, 0) is 11.5 Å². The maximum absolute atomic E-state index is 12.2. The van der Waals surface area contributed by atoms with Gasteiger partial charge >= 0.3 is 11.9 Å². The van der Waals surface area contributed by atoms with Crippen LogP contribution in [0.4, 0.5) is 0 Å². The fourth-order valence-electron chi connectivity index (χ4n) is 2.67. The molecule has 120 valence electrons. The molecule has 0 bridgehead atoms. The molecule has 0 radical (unpaired) electrons. The Balaban J connectivity index is 0.00000121. The molecule has 3 heterocycles. The molecule has 1 fully saturated rings. The van der Waals surface area contributed by atoms with E-state index in [0.717, 1.165) is 5.75 Å². The number of halogens is 2. The van der Waals surface area contributed by atoms with E-state index >= 15 is 0 Å². The summed E-state index contributed by atoms with van der Waals surface area (Å²) in [4.78, 5) is 23.0. The zero-order valence-electron chi connectivity index (χ0n) is 11.5. The third-order valence-electron chi connectivity index (χ3n) is 3.73. The molecule has 0 saturated carbocycles. The van der Waals surface area contributed by atoms with Crippen molar-refractivity contribution in [3.8, 4) is 0 Å². The van der Waals surface area contributed by atoms with Gasteiger partial charge in [-0.3, -0.25) is 0 Å². The van der Waals surface area contributed by atoms with Gasteiger partial charge in [0, 0.05) is 17.9 Å². The van der Waals surface area contributed by atoms with Crippen molar-refractivity contribution in [2.45, 2.75) is 18.1 Å². The molecule has 2 unspecified atom stereocenters. The number of aromatic nitrogens is 1. The highest BCUT2D eigenvalue weighted by molar-refractivity contribution is 8.00. The number of pyridine rings is 1. The number of thioether (sulfide) groups is 1. The summed E-state index contributed by atoms with van der Waals surface area (Å²) in [6.07, 6.45) is 7.25. The largest absolute Gasteiger partial charge is 0.478 e. The van der Waals surface area contributed by atoms with Crippen molar-refractivity contribution in [2.24, 2.45) is 5.73 Å². The monoisotopic (exact) mass is 365 g/mol. The maximum atomic E-state index is 12.2. The third-order valence-corrected chi connectivity index (χ3v) is 5.12.